The first-order valence-corrected chi connectivity index (χ1v) is 24.7. The topological polar surface area (TPSA) is 78.9 Å². The second kappa shape index (κ2) is 49.0. The molecule has 0 bridgehead atoms. The van der Waals surface area contributed by atoms with Gasteiger partial charge in [0.25, 0.3) is 0 Å². The second-order valence-corrected chi connectivity index (χ2v) is 16.0. The largest absolute Gasteiger partial charge is 0.462 e. The van der Waals surface area contributed by atoms with Crippen LogP contribution in [-0.2, 0) is 28.6 Å². The Labute approximate surface area is 375 Å². The SMILES string of the molecule is CC/C=C\C/C=C\C/C=C\C/C=C\CCCCC(=O)OC[C@H](COC(=O)CCC/C=C\C/C=C\C/C=C\C/C=C\CCCCC)OC(=O)CCCCCCCCCCCCC. The van der Waals surface area contributed by atoms with Crippen LogP contribution in [-0.4, -0.2) is 37.2 Å². The van der Waals surface area contributed by atoms with Crippen molar-refractivity contribution >= 4 is 17.9 Å². The molecule has 0 heterocycles. The Morgan fingerprint density at radius 2 is 0.656 bits per heavy atom. The first-order chi connectivity index (χ1) is 30.0. The molecule has 0 spiro atoms. The van der Waals surface area contributed by atoms with Crippen molar-refractivity contribution in [1.29, 1.82) is 0 Å². The van der Waals surface area contributed by atoms with Gasteiger partial charge in [-0.3, -0.25) is 14.4 Å². The Morgan fingerprint density at radius 1 is 0.344 bits per heavy atom. The van der Waals surface area contributed by atoms with Crippen LogP contribution in [0.2, 0.25) is 0 Å². The minimum atomic E-state index is -0.814. The van der Waals surface area contributed by atoms with Crippen molar-refractivity contribution in [2.75, 3.05) is 13.2 Å². The molecule has 0 rings (SSSR count). The molecule has 0 amide bonds. The average Bonchev–Trinajstić information content (AvgIpc) is 3.26. The maximum absolute atomic E-state index is 12.7. The number of carbonyl (C=O) groups excluding carboxylic acids is 3. The number of allylic oxidation sites excluding steroid dienone is 16. The van der Waals surface area contributed by atoms with E-state index in [9.17, 15) is 14.4 Å². The lowest BCUT2D eigenvalue weighted by molar-refractivity contribution is -0.167. The fraction of sp³-hybridized carbons (Fsp3) is 0.655. The number of hydrogen-bond donors (Lipinski definition) is 0. The third-order valence-corrected chi connectivity index (χ3v) is 10.1. The molecule has 0 saturated heterocycles. The first kappa shape index (κ1) is 57.3. The highest BCUT2D eigenvalue weighted by atomic mass is 16.6. The number of unbranched alkanes of at least 4 members (excludes halogenated alkanes) is 16. The standard InChI is InChI=1S/C55H90O6/c1-4-7-10-13-16-19-22-24-26-27-29-31-34-36-39-42-45-48-54(57)60-51-52(61-55(58)49-46-43-40-37-32-21-18-15-12-9-6-3)50-59-53(56)47-44-41-38-35-33-30-28-25-23-20-17-14-11-8-5-2/h8,11,16-17,19-20,24-26,28-29,31,33,35-36,39,52H,4-7,9-10,12-15,18,21-23,27,30,32,34,37-38,40-51H2,1-3H3/b11-8-,19-16-,20-17-,26-24-,28-25-,31-29-,35-33-,39-36-/t52-/m1/s1. The highest BCUT2D eigenvalue weighted by Gasteiger charge is 2.19. The lowest BCUT2D eigenvalue weighted by Gasteiger charge is -2.18. The van der Waals surface area contributed by atoms with Gasteiger partial charge in [0.05, 0.1) is 0 Å². The van der Waals surface area contributed by atoms with Crippen LogP contribution in [0.3, 0.4) is 0 Å². The molecule has 6 nitrogen and oxygen atoms in total. The quantitative estimate of drug-likeness (QED) is 0.0263. The van der Waals surface area contributed by atoms with Gasteiger partial charge >= 0.3 is 17.9 Å². The van der Waals surface area contributed by atoms with Crippen molar-refractivity contribution in [3.05, 3.63) is 97.2 Å². The zero-order valence-corrected chi connectivity index (χ0v) is 39.4. The van der Waals surface area contributed by atoms with E-state index in [0.717, 1.165) is 83.5 Å². The van der Waals surface area contributed by atoms with E-state index >= 15 is 0 Å². The van der Waals surface area contributed by atoms with Gasteiger partial charge in [-0.25, -0.2) is 0 Å². The summed E-state index contributed by atoms with van der Waals surface area (Å²) >= 11 is 0. The average molecular weight is 847 g/mol. The number of carbonyl (C=O) groups is 3. The fourth-order valence-corrected chi connectivity index (χ4v) is 6.36. The summed E-state index contributed by atoms with van der Waals surface area (Å²) in [5.74, 6) is -1.02. The van der Waals surface area contributed by atoms with Crippen LogP contribution in [0.15, 0.2) is 97.2 Å². The molecule has 346 valence electrons. The number of ether oxygens (including phenoxy) is 3. The van der Waals surface area contributed by atoms with Gasteiger partial charge in [-0.15, -0.1) is 0 Å². The Kier molecular flexibility index (Phi) is 46.0. The van der Waals surface area contributed by atoms with E-state index in [1.165, 1.54) is 77.0 Å². The zero-order chi connectivity index (χ0) is 44.4. The van der Waals surface area contributed by atoms with Gasteiger partial charge in [0.1, 0.15) is 13.2 Å². The highest BCUT2D eigenvalue weighted by Crippen LogP contribution is 2.13. The Hall–Kier alpha value is -3.67. The summed E-state index contributed by atoms with van der Waals surface area (Å²) in [4.78, 5) is 37.8. The Morgan fingerprint density at radius 3 is 1.10 bits per heavy atom. The normalized spacial score (nSPS) is 12.9. The summed E-state index contributed by atoms with van der Waals surface area (Å²) in [7, 11) is 0. The summed E-state index contributed by atoms with van der Waals surface area (Å²) in [6, 6.07) is 0. The van der Waals surface area contributed by atoms with E-state index in [4.69, 9.17) is 14.2 Å². The van der Waals surface area contributed by atoms with Gasteiger partial charge in [0.2, 0.25) is 0 Å². The number of rotatable bonds is 43. The fourth-order valence-electron chi connectivity index (χ4n) is 6.36. The number of esters is 3. The molecule has 0 unspecified atom stereocenters. The predicted molar refractivity (Wildman–Crippen MR) is 260 cm³/mol. The van der Waals surface area contributed by atoms with Gasteiger partial charge in [-0.1, -0.05) is 195 Å². The highest BCUT2D eigenvalue weighted by molar-refractivity contribution is 5.71. The molecule has 0 N–H and O–H groups in total. The summed E-state index contributed by atoms with van der Waals surface area (Å²) in [5.41, 5.74) is 0. The third kappa shape index (κ3) is 47.2. The molecule has 0 aromatic rings. The van der Waals surface area contributed by atoms with Crippen molar-refractivity contribution in [1.82, 2.24) is 0 Å². The maximum Gasteiger partial charge on any atom is 0.306 e. The summed E-state index contributed by atoms with van der Waals surface area (Å²) < 4.78 is 16.7. The Balaban J connectivity index is 4.53. The molecule has 0 aliphatic heterocycles. The minimum absolute atomic E-state index is 0.116. The lowest BCUT2D eigenvalue weighted by Crippen LogP contribution is -2.30. The number of hydrogen-bond acceptors (Lipinski definition) is 6. The molecular formula is C55H90O6. The summed E-state index contributed by atoms with van der Waals surface area (Å²) in [5, 5.41) is 0. The summed E-state index contributed by atoms with van der Waals surface area (Å²) in [6.07, 6.45) is 63.9. The van der Waals surface area contributed by atoms with Crippen LogP contribution >= 0.6 is 0 Å². The smallest absolute Gasteiger partial charge is 0.306 e. The maximum atomic E-state index is 12.7. The molecule has 0 aromatic heterocycles. The molecule has 0 fully saturated rings. The van der Waals surface area contributed by atoms with Crippen LogP contribution in [0, 0.1) is 0 Å². The molecule has 61 heavy (non-hydrogen) atoms. The second-order valence-electron chi connectivity index (χ2n) is 16.0. The molecule has 6 heteroatoms. The van der Waals surface area contributed by atoms with Crippen LogP contribution in [0.4, 0.5) is 0 Å². The van der Waals surface area contributed by atoms with Crippen molar-refractivity contribution in [3.63, 3.8) is 0 Å². The van der Waals surface area contributed by atoms with E-state index in [1.807, 2.05) is 0 Å². The van der Waals surface area contributed by atoms with Crippen molar-refractivity contribution in [3.8, 4) is 0 Å². The van der Waals surface area contributed by atoms with Crippen molar-refractivity contribution in [2.45, 2.75) is 219 Å². The minimum Gasteiger partial charge on any atom is -0.462 e. The van der Waals surface area contributed by atoms with Gasteiger partial charge < -0.3 is 14.2 Å². The van der Waals surface area contributed by atoms with Crippen LogP contribution in [0.5, 0.6) is 0 Å². The lowest BCUT2D eigenvalue weighted by atomic mass is 10.1. The predicted octanol–water partition coefficient (Wildman–Crippen LogP) is 16.2. The monoisotopic (exact) mass is 847 g/mol. The molecule has 0 aromatic carbocycles. The third-order valence-electron chi connectivity index (χ3n) is 10.1. The van der Waals surface area contributed by atoms with E-state index in [0.29, 0.717) is 25.7 Å². The van der Waals surface area contributed by atoms with Crippen LogP contribution in [0.25, 0.3) is 0 Å². The van der Waals surface area contributed by atoms with Crippen molar-refractivity contribution in [2.24, 2.45) is 0 Å². The van der Waals surface area contributed by atoms with E-state index in [-0.39, 0.29) is 37.5 Å². The van der Waals surface area contributed by atoms with Gasteiger partial charge in [0, 0.05) is 19.3 Å². The van der Waals surface area contributed by atoms with Gasteiger partial charge in [-0.05, 0) is 96.3 Å². The van der Waals surface area contributed by atoms with Gasteiger partial charge in [-0.2, -0.15) is 0 Å². The zero-order valence-electron chi connectivity index (χ0n) is 39.4. The molecule has 0 aliphatic rings. The molecular weight excluding hydrogens is 757 g/mol. The molecule has 0 aliphatic carbocycles. The Bertz CT molecular complexity index is 1250. The summed E-state index contributed by atoms with van der Waals surface area (Å²) in [6.45, 7) is 6.39. The molecule has 0 radical (unpaired) electrons. The molecule has 0 saturated carbocycles. The van der Waals surface area contributed by atoms with E-state index in [2.05, 4.69) is 118 Å². The van der Waals surface area contributed by atoms with Gasteiger partial charge in [0.15, 0.2) is 6.10 Å². The van der Waals surface area contributed by atoms with E-state index < -0.39 is 6.10 Å². The van der Waals surface area contributed by atoms with Crippen molar-refractivity contribution < 1.29 is 28.6 Å². The first-order valence-electron chi connectivity index (χ1n) is 24.7. The van der Waals surface area contributed by atoms with Crippen LogP contribution in [0.1, 0.15) is 213 Å². The van der Waals surface area contributed by atoms with E-state index in [1.54, 1.807) is 0 Å². The van der Waals surface area contributed by atoms with Crippen LogP contribution < -0.4 is 0 Å². The molecule has 1 atom stereocenters.